The van der Waals surface area contributed by atoms with E-state index in [-0.39, 0.29) is 21.6 Å². The van der Waals surface area contributed by atoms with E-state index in [2.05, 4.69) is 10.6 Å². The van der Waals surface area contributed by atoms with Crippen molar-refractivity contribution in [3.8, 4) is 0 Å². The molecule has 0 aromatic heterocycles. The quantitative estimate of drug-likeness (QED) is 0.734. The van der Waals surface area contributed by atoms with Crippen LogP contribution in [0.3, 0.4) is 0 Å². The first-order chi connectivity index (χ1) is 9.34. The van der Waals surface area contributed by atoms with Crippen LogP contribution in [0.25, 0.3) is 0 Å². The van der Waals surface area contributed by atoms with Crippen LogP contribution in [0.15, 0.2) is 12.1 Å². The molecule has 5 nitrogen and oxygen atoms in total. The van der Waals surface area contributed by atoms with E-state index in [1.807, 2.05) is 0 Å². The van der Waals surface area contributed by atoms with E-state index in [1.165, 1.54) is 12.1 Å². The van der Waals surface area contributed by atoms with Crippen LogP contribution in [0.1, 0.15) is 12.8 Å². The smallest absolute Gasteiger partial charge is 0.319 e. The number of benzene rings is 1. The molecule has 1 aliphatic rings. The van der Waals surface area contributed by atoms with Crippen molar-refractivity contribution in [1.29, 1.82) is 0 Å². The van der Waals surface area contributed by atoms with Gasteiger partial charge in [-0.2, -0.15) is 0 Å². The molecule has 8 heteroatoms. The normalized spacial score (nSPS) is 15.6. The van der Waals surface area contributed by atoms with Crippen LogP contribution in [0.2, 0.25) is 15.1 Å². The van der Waals surface area contributed by atoms with Gasteiger partial charge in [-0.1, -0.05) is 34.8 Å². The number of anilines is 1. The molecule has 3 N–H and O–H groups in total. The molecule has 2 amide bonds. The van der Waals surface area contributed by atoms with Crippen LogP contribution in [0.5, 0.6) is 0 Å². The molecule has 0 bridgehead atoms. The second-order valence-corrected chi connectivity index (χ2v) is 5.86. The van der Waals surface area contributed by atoms with E-state index in [9.17, 15) is 9.59 Å². The van der Waals surface area contributed by atoms with Crippen molar-refractivity contribution >= 4 is 52.5 Å². The molecule has 0 spiro atoms. The van der Waals surface area contributed by atoms with Gasteiger partial charge in [-0.15, -0.1) is 0 Å². The average molecular weight is 338 g/mol. The molecule has 0 atom stereocenters. The molecule has 2 rings (SSSR count). The first-order valence-corrected chi connectivity index (χ1v) is 6.90. The molecule has 0 unspecified atom stereocenters. The van der Waals surface area contributed by atoms with Crippen LogP contribution in [0, 0.1) is 5.41 Å². The highest BCUT2D eigenvalue weighted by Gasteiger charge is 2.50. The summed E-state index contributed by atoms with van der Waals surface area (Å²) in [6.45, 7) is 0.0765. The monoisotopic (exact) mass is 336 g/mol. The lowest BCUT2D eigenvalue weighted by atomic mass is 10.1. The summed E-state index contributed by atoms with van der Waals surface area (Å²) in [4.78, 5) is 22.7. The van der Waals surface area contributed by atoms with Gasteiger partial charge >= 0.3 is 12.0 Å². The topological polar surface area (TPSA) is 78.4 Å². The van der Waals surface area contributed by atoms with Crippen molar-refractivity contribution in [2.24, 2.45) is 5.41 Å². The van der Waals surface area contributed by atoms with E-state index in [1.54, 1.807) is 0 Å². The summed E-state index contributed by atoms with van der Waals surface area (Å²) in [6, 6.07) is 2.30. The standard InChI is InChI=1S/C12H11Cl3N2O3/c13-6-3-8(15)9(4-7(6)14)17-11(20)16-5-12(1-2-12)10(18)19/h3-4H,1-2,5H2,(H,18,19)(H2,16,17,20). The number of carboxylic acid groups (broad SMARTS) is 1. The third-order valence-corrected chi connectivity index (χ3v) is 4.19. The lowest BCUT2D eigenvalue weighted by Gasteiger charge is -2.13. The number of rotatable bonds is 4. The predicted octanol–water partition coefficient (Wildman–Crippen LogP) is 3.63. The van der Waals surface area contributed by atoms with Crippen molar-refractivity contribution in [2.75, 3.05) is 11.9 Å². The van der Waals surface area contributed by atoms with Crippen molar-refractivity contribution in [2.45, 2.75) is 12.8 Å². The minimum Gasteiger partial charge on any atom is -0.481 e. The molecule has 0 radical (unpaired) electrons. The summed E-state index contributed by atoms with van der Waals surface area (Å²) in [5.74, 6) is -0.898. The molecule has 1 fully saturated rings. The molecule has 20 heavy (non-hydrogen) atoms. The summed E-state index contributed by atoms with van der Waals surface area (Å²) in [5, 5.41) is 14.8. The molecule has 1 aromatic carbocycles. The summed E-state index contributed by atoms with van der Waals surface area (Å²) >= 11 is 17.5. The van der Waals surface area contributed by atoms with Crippen LogP contribution in [-0.4, -0.2) is 23.7 Å². The van der Waals surface area contributed by atoms with E-state index in [0.29, 0.717) is 18.5 Å². The Morgan fingerprint density at radius 1 is 1.15 bits per heavy atom. The number of carbonyl (C=O) groups excluding carboxylic acids is 1. The zero-order valence-corrected chi connectivity index (χ0v) is 12.4. The molecule has 0 aliphatic heterocycles. The van der Waals surface area contributed by atoms with Gasteiger partial charge in [0.2, 0.25) is 0 Å². The molecule has 0 saturated heterocycles. The Kier molecular flexibility index (Phi) is 4.32. The number of carbonyl (C=O) groups is 2. The van der Waals surface area contributed by atoms with Gasteiger partial charge < -0.3 is 15.7 Å². The fraction of sp³-hybridized carbons (Fsp3) is 0.333. The van der Waals surface area contributed by atoms with Gasteiger partial charge in [0.05, 0.1) is 26.2 Å². The van der Waals surface area contributed by atoms with Gasteiger partial charge in [-0.3, -0.25) is 4.79 Å². The third kappa shape index (κ3) is 3.29. The van der Waals surface area contributed by atoms with E-state index in [4.69, 9.17) is 39.9 Å². The summed E-state index contributed by atoms with van der Waals surface area (Å²) in [6.07, 6.45) is 1.13. The maximum absolute atomic E-state index is 11.7. The van der Waals surface area contributed by atoms with Gasteiger partial charge in [0.1, 0.15) is 0 Å². The highest BCUT2D eigenvalue weighted by Crippen LogP contribution is 2.45. The second-order valence-electron chi connectivity index (χ2n) is 4.64. The van der Waals surface area contributed by atoms with Crippen LogP contribution >= 0.6 is 34.8 Å². The highest BCUT2D eigenvalue weighted by atomic mass is 35.5. The summed E-state index contributed by atoms with van der Waals surface area (Å²) in [7, 11) is 0. The third-order valence-electron chi connectivity index (χ3n) is 3.15. The van der Waals surface area contributed by atoms with Crippen LogP contribution in [-0.2, 0) is 4.79 Å². The van der Waals surface area contributed by atoms with Crippen LogP contribution < -0.4 is 10.6 Å². The summed E-state index contributed by atoms with van der Waals surface area (Å²) in [5.41, 5.74) is -0.516. The second kappa shape index (κ2) is 5.68. The van der Waals surface area contributed by atoms with E-state index >= 15 is 0 Å². The lowest BCUT2D eigenvalue weighted by molar-refractivity contribution is -0.143. The SMILES string of the molecule is O=C(NCC1(C(=O)O)CC1)Nc1cc(Cl)c(Cl)cc1Cl. The Morgan fingerprint density at radius 2 is 1.75 bits per heavy atom. The lowest BCUT2D eigenvalue weighted by Crippen LogP contribution is -2.36. The van der Waals surface area contributed by atoms with Crippen molar-refractivity contribution in [1.82, 2.24) is 5.32 Å². The molecule has 1 saturated carbocycles. The fourth-order valence-corrected chi connectivity index (χ4v) is 2.25. The minimum absolute atomic E-state index is 0.0765. The van der Waals surface area contributed by atoms with Crippen LogP contribution in [0.4, 0.5) is 10.5 Å². The first-order valence-electron chi connectivity index (χ1n) is 5.77. The number of hydrogen-bond acceptors (Lipinski definition) is 2. The maximum atomic E-state index is 11.7. The minimum atomic E-state index is -0.898. The highest BCUT2D eigenvalue weighted by molar-refractivity contribution is 6.44. The van der Waals surface area contributed by atoms with Crippen molar-refractivity contribution in [3.05, 3.63) is 27.2 Å². The number of halogens is 3. The van der Waals surface area contributed by atoms with E-state index in [0.717, 1.165) is 0 Å². The molecule has 0 heterocycles. The Morgan fingerprint density at radius 3 is 2.30 bits per heavy atom. The predicted molar refractivity (Wildman–Crippen MR) is 77.8 cm³/mol. The molecule has 1 aromatic rings. The maximum Gasteiger partial charge on any atom is 0.319 e. The van der Waals surface area contributed by atoms with Gasteiger partial charge in [-0.05, 0) is 25.0 Å². The zero-order valence-electron chi connectivity index (χ0n) is 10.2. The molecule has 1 aliphatic carbocycles. The number of hydrogen-bond donors (Lipinski definition) is 3. The average Bonchev–Trinajstić information content (AvgIpc) is 3.15. The number of nitrogens with one attached hydrogen (secondary N) is 2. The molecule has 108 valence electrons. The van der Waals surface area contributed by atoms with Gasteiger partial charge in [0.25, 0.3) is 0 Å². The number of urea groups is 1. The molecular weight excluding hydrogens is 327 g/mol. The zero-order chi connectivity index (χ0) is 14.9. The van der Waals surface area contributed by atoms with Crippen molar-refractivity contribution < 1.29 is 14.7 Å². The Balaban J connectivity index is 1.95. The first kappa shape index (κ1) is 15.2. The largest absolute Gasteiger partial charge is 0.481 e. The van der Waals surface area contributed by atoms with Gasteiger partial charge in [0, 0.05) is 6.54 Å². The van der Waals surface area contributed by atoms with Gasteiger partial charge in [0.15, 0.2) is 0 Å². The number of carboxylic acids is 1. The van der Waals surface area contributed by atoms with E-state index < -0.39 is 17.4 Å². The number of aliphatic carboxylic acids is 1. The Labute approximate surface area is 130 Å². The Bertz CT molecular complexity index is 573. The van der Waals surface area contributed by atoms with Crippen molar-refractivity contribution in [3.63, 3.8) is 0 Å². The number of amides is 2. The van der Waals surface area contributed by atoms with Gasteiger partial charge in [-0.25, -0.2) is 4.79 Å². The summed E-state index contributed by atoms with van der Waals surface area (Å²) < 4.78 is 0. The molecular formula is C12H11Cl3N2O3. The fourth-order valence-electron chi connectivity index (χ4n) is 1.65. The Hall–Kier alpha value is -1.17.